The summed E-state index contributed by atoms with van der Waals surface area (Å²) < 4.78 is 0. The molecule has 0 aliphatic heterocycles. The monoisotopic (exact) mass is 182 g/mol. The van der Waals surface area contributed by atoms with Crippen molar-refractivity contribution in [3.05, 3.63) is 21.9 Å². The molecule has 0 aromatic carbocycles. The van der Waals surface area contributed by atoms with Gasteiger partial charge in [0.15, 0.2) is 0 Å². The molecule has 0 saturated heterocycles. The third-order valence-corrected chi connectivity index (χ3v) is 2.20. The van der Waals surface area contributed by atoms with Gasteiger partial charge < -0.3 is 11.5 Å². The highest BCUT2D eigenvalue weighted by Gasteiger charge is 1.93. The van der Waals surface area contributed by atoms with Crippen LogP contribution in [0.25, 0.3) is 0 Å². The van der Waals surface area contributed by atoms with Crippen molar-refractivity contribution >= 4 is 23.5 Å². The van der Waals surface area contributed by atoms with Gasteiger partial charge in [-0.05, 0) is 23.9 Å². The van der Waals surface area contributed by atoms with Crippen molar-refractivity contribution in [3.63, 3.8) is 0 Å². The Bertz CT molecular complexity index is 309. The van der Waals surface area contributed by atoms with Crippen LogP contribution in [-0.2, 0) is 0 Å². The van der Waals surface area contributed by atoms with Gasteiger partial charge in [0.05, 0.1) is 11.1 Å². The average molecular weight is 182 g/mol. The largest absolute Gasteiger partial charge is 0.369 e. The Morgan fingerprint density at radius 1 is 1.58 bits per heavy atom. The molecule has 0 bridgehead atoms. The fourth-order valence-electron chi connectivity index (χ4n) is 0.665. The maximum absolute atomic E-state index is 5.09. The lowest BCUT2D eigenvalue weighted by atomic mass is 10.3. The van der Waals surface area contributed by atoms with Crippen molar-refractivity contribution in [2.24, 2.45) is 21.7 Å². The molecule has 1 rings (SSSR count). The van der Waals surface area contributed by atoms with Crippen LogP contribution >= 0.6 is 11.3 Å². The molecule has 0 fully saturated rings. The number of hydrogen-bond donors (Lipinski definition) is 2. The van der Waals surface area contributed by atoms with Gasteiger partial charge in [0.1, 0.15) is 0 Å². The summed E-state index contributed by atoms with van der Waals surface area (Å²) in [4.78, 5) is 1.07. The van der Waals surface area contributed by atoms with Crippen LogP contribution in [0.15, 0.2) is 21.6 Å². The highest BCUT2D eigenvalue weighted by molar-refractivity contribution is 7.11. The molecule has 64 valence electrons. The highest BCUT2D eigenvalue weighted by atomic mass is 32.1. The summed E-state index contributed by atoms with van der Waals surface area (Å²) in [5.41, 5.74) is 11.4. The summed E-state index contributed by atoms with van der Waals surface area (Å²) in [5, 5.41) is 9.18. The minimum atomic E-state index is -0.0274. The molecule has 0 unspecified atom stereocenters. The van der Waals surface area contributed by atoms with Crippen LogP contribution in [0.3, 0.4) is 0 Å². The van der Waals surface area contributed by atoms with Crippen LogP contribution in [0.4, 0.5) is 0 Å². The smallest absolute Gasteiger partial charge is 0.211 e. The third-order valence-electron chi connectivity index (χ3n) is 1.25. The molecule has 0 radical (unpaired) electrons. The molecule has 0 aliphatic carbocycles. The van der Waals surface area contributed by atoms with Gasteiger partial charge in [-0.1, -0.05) is 0 Å². The number of aryl methyl sites for hydroxylation is 1. The molecule has 5 heteroatoms. The highest BCUT2D eigenvalue weighted by Crippen LogP contribution is 2.12. The Balaban J connectivity index is 2.70. The second-order valence-electron chi connectivity index (χ2n) is 2.24. The number of hydrogen-bond acceptors (Lipinski definition) is 3. The maximum Gasteiger partial charge on any atom is 0.211 e. The standard InChI is InChI=1S/C7H10N4S/c1-5-2-3-12-6(5)4-10-11-7(8)9/h2-4H,1H3,(H4,8,9,11). The summed E-state index contributed by atoms with van der Waals surface area (Å²) in [6.45, 7) is 2.01. The van der Waals surface area contributed by atoms with Crippen LogP contribution in [0.5, 0.6) is 0 Å². The molecule has 0 amide bonds. The van der Waals surface area contributed by atoms with Gasteiger partial charge in [0, 0.05) is 0 Å². The molecule has 0 saturated carbocycles. The summed E-state index contributed by atoms with van der Waals surface area (Å²) >= 11 is 1.60. The predicted octanol–water partition coefficient (Wildman–Crippen LogP) is 0.664. The average Bonchev–Trinajstić information content (AvgIpc) is 2.36. The van der Waals surface area contributed by atoms with E-state index in [2.05, 4.69) is 10.2 Å². The topological polar surface area (TPSA) is 76.8 Å². The van der Waals surface area contributed by atoms with E-state index in [1.54, 1.807) is 17.6 Å². The van der Waals surface area contributed by atoms with E-state index in [1.807, 2.05) is 18.4 Å². The van der Waals surface area contributed by atoms with Crippen molar-refractivity contribution in [2.75, 3.05) is 0 Å². The van der Waals surface area contributed by atoms with Crippen molar-refractivity contribution in [1.29, 1.82) is 0 Å². The third kappa shape index (κ3) is 2.35. The fraction of sp³-hybridized carbons (Fsp3) is 0.143. The number of guanidine groups is 1. The van der Waals surface area contributed by atoms with Gasteiger partial charge >= 0.3 is 0 Å². The van der Waals surface area contributed by atoms with Crippen molar-refractivity contribution in [2.45, 2.75) is 6.92 Å². The molecule has 0 aliphatic rings. The Morgan fingerprint density at radius 2 is 2.33 bits per heavy atom. The first-order chi connectivity index (χ1) is 5.70. The number of nitrogens with two attached hydrogens (primary N) is 2. The van der Waals surface area contributed by atoms with E-state index in [1.165, 1.54) is 5.56 Å². The van der Waals surface area contributed by atoms with Gasteiger partial charge in [-0.25, -0.2) is 0 Å². The lowest BCUT2D eigenvalue weighted by Crippen LogP contribution is -2.21. The molecule has 4 nitrogen and oxygen atoms in total. The van der Waals surface area contributed by atoms with E-state index in [0.29, 0.717) is 0 Å². The molecule has 0 atom stereocenters. The van der Waals surface area contributed by atoms with Gasteiger partial charge in [-0.2, -0.15) is 5.10 Å². The summed E-state index contributed by atoms with van der Waals surface area (Å²) in [7, 11) is 0. The predicted molar refractivity (Wildman–Crippen MR) is 52.5 cm³/mol. The molecule has 1 heterocycles. The Kier molecular flexibility index (Phi) is 2.82. The molecule has 4 N–H and O–H groups in total. The summed E-state index contributed by atoms with van der Waals surface area (Å²) in [6, 6.07) is 2.02. The zero-order chi connectivity index (χ0) is 8.97. The van der Waals surface area contributed by atoms with Crippen LogP contribution in [-0.4, -0.2) is 12.2 Å². The van der Waals surface area contributed by atoms with Gasteiger partial charge in [0.25, 0.3) is 0 Å². The molecular weight excluding hydrogens is 172 g/mol. The van der Waals surface area contributed by atoms with Crippen molar-refractivity contribution in [1.82, 2.24) is 0 Å². The molecule has 1 aromatic rings. The Labute approximate surface area is 74.6 Å². The summed E-state index contributed by atoms with van der Waals surface area (Å²) in [6.07, 6.45) is 1.64. The van der Waals surface area contributed by atoms with E-state index < -0.39 is 0 Å². The zero-order valence-electron chi connectivity index (χ0n) is 6.69. The van der Waals surface area contributed by atoms with Crippen LogP contribution in [0.2, 0.25) is 0 Å². The lowest BCUT2D eigenvalue weighted by Gasteiger charge is -1.86. The van der Waals surface area contributed by atoms with E-state index in [4.69, 9.17) is 11.5 Å². The molecule has 0 spiro atoms. The van der Waals surface area contributed by atoms with Crippen LogP contribution in [0.1, 0.15) is 10.4 Å². The fourth-order valence-corrected chi connectivity index (χ4v) is 1.45. The van der Waals surface area contributed by atoms with Crippen molar-refractivity contribution < 1.29 is 0 Å². The van der Waals surface area contributed by atoms with E-state index in [0.717, 1.165) is 4.88 Å². The summed E-state index contributed by atoms with van der Waals surface area (Å²) in [5.74, 6) is -0.0274. The van der Waals surface area contributed by atoms with E-state index in [-0.39, 0.29) is 5.96 Å². The first-order valence-electron chi connectivity index (χ1n) is 3.36. The van der Waals surface area contributed by atoms with Gasteiger partial charge in [-0.3, -0.25) is 0 Å². The number of nitrogens with zero attached hydrogens (tertiary/aromatic N) is 2. The SMILES string of the molecule is Cc1ccsc1C=NN=C(N)N. The van der Waals surface area contributed by atoms with Gasteiger partial charge in [-0.15, -0.1) is 16.4 Å². The first kappa shape index (κ1) is 8.73. The van der Waals surface area contributed by atoms with Crippen LogP contribution < -0.4 is 11.5 Å². The minimum absolute atomic E-state index is 0.0274. The van der Waals surface area contributed by atoms with Gasteiger partial charge in [0.2, 0.25) is 5.96 Å². The van der Waals surface area contributed by atoms with Crippen molar-refractivity contribution in [3.8, 4) is 0 Å². The molecule has 1 aromatic heterocycles. The number of thiophene rings is 1. The van der Waals surface area contributed by atoms with E-state index in [9.17, 15) is 0 Å². The molecular formula is C7H10N4S. The second-order valence-corrected chi connectivity index (χ2v) is 3.18. The lowest BCUT2D eigenvalue weighted by molar-refractivity contribution is 1.22. The van der Waals surface area contributed by atoms with Crippen LogP contribution in [0, 0.1) is 6.92 Å². The normalized spacial score (nSPS) is 10.4. The Hall–Kier alpha value is -1.36. The zero-order valence-corrected chi connectivity index (χ0v) is 7.51. The van der Waals surface area contributed by atoms with E-state index >= 15 is 0 Å². The second kappa shape index (κ2) is 3.87. The molecule has 12 heavy (non-hydrogen) atoms. The maximum atomic E-state index is 5.09. The Morgan fingerprint density at radius 3 is 2.83 bits per heavy atom. The minimum Gasteiger partial charge on any atom is -0.369 e. The number of rotatable bonds is 2. The first-order valence-corrected chi connectivity index (χ1v) is 4.24. The quantitative estimate of drug-likeness (QED) is 0.400.